The maximum Gasteiger partial charge on any atom is 0.240 e. The molecular weight excluding hydrogens is 180 g/mol. The third kappa shape index (κ3) is 3.79. The fourth-order valence-corrected chi connectivity index (χ4v) is 0.920. The van der Waals surface area contributed by atoms with Crippen molar-refractivity contribution < 1.29 is 9.90 Å². The molecule has 0 saturated heterocycles. The summed E-state index contributed by atoms with van der Waals surface area (Å²) < 4.78 is 0. The van der Waals surface area contributed by atoms with Crippen LogP contribution in [0.4, 0.5) is 0 Å². The molecule has 0 saturated carbocycles. The maximum atomic E-state index is 11.7. The third-order valence-electron chi connectivity index (χ3n) is 2.11. The van der Waals surface area contributed by atoms with Crippen LogP contribution in [0.15, 0.2) is 12.3 Å². The summed E-state index contributed by atoms with van der Waals surface area (Å²) in [6, 6.07) is -0.711. The minimum absolute atomic E-state index is 0.0619. The number of likely N-dealkylation sites (N-methyl/N-ethyl adjacent to an activating group) is 1. The number of rotatable bonds is 3. The van der Waals surface area contributed by atoms with Gasteiger partial charge in [0.25, 0.3) is 0 Å². The second-order valence-electron chi connectivity index (χ2n) is 4.44. The highest BCUT2D eigenvalue weighted by molar-refractivity contribution is 5.82. The molecule has 82 valence electrons. The third-order valence-corrected chi connectivity index (χ3v) is 2.11. The maximum absolute atomic E-state index is 11.7. The topological polar surface area (TPSA) is 66.6 Å². The summed E-state index contributed by atoms with van der Waals surface area (Å²) in [7, 11) is 1.70. The van der Waals surface area contributed by atoms with Crippen molar-refractivity contribution >= 4 is 5.91 Å². The zero-order chi connectivity index (χ0) is 11.5. The Morgan fingerprint density at radius 2 is 2.00 bits per heavy atom. The molecule has 1 atom stereocenters. The van der Waals surface area contributed by atoms with Gasteiger partial charge in [0.2, 0.25) is 5.91 Å². The van der Waals surface area contributed by atoms with Gasteiger partial charge in [-0.1, -0.05) is 6.58 Å². The van der Waals surface area contributed by atoms with Crippen LogP contribution >= 0.6 is 0 Å². The molecule has 0 heterocycles. The highest BCUT2D eigenvalue weighted by atomic mass is 16.3. The molecule has 0 aromatic heterocycles. The molecule has 0 aliphatic heterocycles. The van der Waals surface area contributed by atoms with Crippen LogP contribution in [0.5, 0.6) is 0 Å². The van der Waals surface area contributed by atoms with Crippen LogP contribution in [0, 0.1) is 0 Å². The molecule has 1 amide bonds. The predicted octanol–water partition coefficient (Wildman–Crippen LogP) is 1.03. The molecule has 0 aliphatic rings. The Kier molecular flexibility index (Phi) is 4.13. The van der Waals surface area contributed by atoms with E-state index in [1.54, 1.807) is 11.9 Å². The smallest absolute Gasteiger partial charge is 0.240 e. The summed E-state index contributed by atoms with van der Waals surface area (Å²) in [6.07, 6.45) is 0.110. The van der Waals surface area contributed by atoms with Crippen LogP contribution in [-0.2, 0) is 4.79 Å². The fourth-order valence-electron chi connectivity index (χ4n) is 0.920. The number of amides is 1. The van der Waals surface area contributed by atoms with Gasteiger partial charge in [0.1, 0.15) is 0 Å². The lowest BCUT2D eigenvalue weighted by atomic mass is 10.0. The molecule has 0 bridgehead atoms. The van der Waals surface area contributed by atoms with Crippen LogP contribution in [0.3, 0.4) is 0 Å². The first-order chi connectivity index (χ1) is 6.16. The molecule has 0 rings (SSSR count). The molecule has 0 aromatic rings. The number of hydrogen-bond donors (Lipinski definition) is 2. The molecule has 0 aromatic carbocycles. The normalized spacial score (nSPS) is 13.5. The van der Waals surface area contributed by atoms with Crippen molar-refractivity contribution in [2.75, 3.05) is 7.05 Å². The molecule has 3 N–H and O–H groups in total. The molecule has 0 radical (unpaired) electrons. The second kappa shape index (κ2) is 4.46. The SMILES string of the molecule is C=C(O)CC(N)C(=O)N(C)C(C)(C)C. The first-order valence-corrected chi connectivity index (χ1v) is 4.56. The highest BCUT2D eigenvalue weighted by Gasteiger charge is 2.26. The Hall–Kier alpha value is -1.03. The molecule has 4 nitrogen and oxygen atoms in total. The molecule has 0 fully saturated rings. The van der Waals surface area contributed by atoms with Crippen molar-refractivity contribution in [3.63, 3.8) is 0 Å². The number of aliphatic hydroxyl groups excluding tert-OH is 1. The summed E-state index contributed by atoms with van der Waals surface area (Å²) in [5.41, 5.74) is 5.35. The lowest BCUT2D eigenvalue weighted by Gasteiger charge is -2.33. The minimum atomic E-state index is -0.711. The summed E-state index contributed by atoms with van der Waals surface area (Å²) in [4.78, 5) is 13.2. The number of carbonyl (C=O) groups is 1. The summed E-state index contributed by atoms with van der Waals surface area (Å²) >= 11 is 0. The second-order valence-corrected chi connectivity index (χ2v) is 4.44. The summed E-state index contributed by atoms with van der Waals surface area (Å²) in [5, 5.41) is 8.91. The predicted molar refractivity (Wildman–Crippen MR) is 56.9 cm³/mol. The van der Waals surface area contributed by atoms with E-state index in [0.717, 1.165) is 0 Å². The van der Waals surface area contributed by atoms with Gasteiger partial charge in [0, 0.05) is 19.0 Å². The Morgan fingerprint density at radius 1 is 1.57 bits per heavy atom. The van der Waals surface area contributed by atoms with Gasteiger partial charge in [-0.3, -0.25) is 4.79 Å². The molecule has 14 heavy (non-hydrogen) atoms. The number of carbonyl (C=O) groups excluding carboxylic acids is 1. The lowest BCUT2D eigenvalue weighted by Crippen LogP contribution is -2.50. The van der Waals surface area contributed by atoms with Gasteiger partial charge in [0.15, 0.2) is 0 Å². The van der Waals surface area contributed by atoms with Crippen LogP contribution in [0.2, 0.25) is 0 Å². The number of nitrogens with two attached hydrogens (primary N) is 1. The van der Waals surface area contributed by atoms with E-state index in [0.29, 0.717) is 0 Å². The van der Waals surface area contributed by atoms with Gasteiger partial charge in [0.05, 0.1) is 11.8 Å². The Bertz CT molecular complexity index is 231. The molecular formula is C10H20N2O2. The number of hydrogen-bond acceptors (Lipinski definition) is 3. The highest BCUT2D eigenvalue weighted by Crippen LogP contribution is 2.12. The van der Waals surface area contributed by atoms with E-state index in [1.807, 2.05) is 20.8 Å². The van der Waals surface area contributed by atoms with Crippen molar-refractivity contribution in [2.24, 2.45) is 5.73 Å². The first-order valence-electron chi connectivity index (χ1n) is 4.56. The Balaban J connectivity index is 4.40. The number of nitrogens with zero attached hydrogens (tertiary/aromatic N) is 1. The summed E-state index contributed by atoms with van der Waals surface area (Å²) in [5.74, 6) is -0.249. The van der Waals surface area contributed by atoms with E-state index >= 15 is 0 Å². The van der Waals surface area contributed by atoms with E-state index < -0.39 is 6.04 Å². The quantitative estimate of drug-likeness (QED) is 0.669. The van der Waals surface area contributed by atoms with E-state index in [4.69, 9.17) is 10.8 Å². The van der Waals surface area contributed by atoms with Gasteiger partial charge in [-0.05, 0) is 20.8 Å². The van der Waals surface area contributed by atoms with Crippen molar-refractivity contribution in [1.29, 1.82) is 0 Å². The monoisotopic (exact) mass is 200 g/mol. The molecule has 4 heteroatoms. The average molecular weight is 200 g/mol. The van der Waals surface area contributed by atoms with Gasteiger partial charge >= 0.3 is 0 Å². The minimum Gasteiger partial charge on any atom is -0.513 e. The fraction of sp³-hybridized carbons (Fsp3) is 0.700. The Labute approximate surface area is 85.4 Å². The Morgan fingerprint density at radius 3 is 2.29 bits per heavy atom. The van der Waals surface area contributed by atoms with Gasteiger partial charge in [-0.25, -0.2) is 0 Å². The number of aliphatic hydroxyl groups is 1. The van der Waals surface area contributed by atoms with Crippen LogP contribution in [0.1, 0.15) is 27.2 Å². The van der Waals surface area contributed by atoms with Crippen molar-refractivity contribution in [2.45, 2.75) is 38.8 Å². The average Bonchev–Trinajstić information content (AvgIpc) is 1.98. The van der Waals surface area contributed by atoms with Crippen molar-refractivity contribution in [3.8, 4) is 0 Å². The van der Waals surface area contributed by atoms with Gasteiger partial charge in [-0.2, -0.15) is 0 Å². The standard InChI is InChI=1S/C10H20N2O2/c1-7(13)6-8(11)9(14)12(5)10(2,3)4/h8,13H,1,6,11H2,2-5H3. The zero-order valence-electron chi connectivity index (χ0n) is 9.37. The van der Waals surface area contributed by atoms with E-state index in [9.17, 15) is 4.79 Å². The van der Waals surface area contributed by atoms with Crippen LogP contribution in [-0.4, -0.2) is 34.5 Å². The van der Waals surface area contributed by atoms with Crippen molar-refractivity contribution in [3.05, 3.63) is 12.3 Å². The van der Waals surface area contributed by atoms with E-state index in [1.165, 1.54) is 0 Å². The van der Waals surface area contributed by atoms with Crippen molar-refractivity contribution in [1.82, 2.24) is 4.90 Å². The molecule has 0 aliphatic carbocycles. The van der Waals surface area contributed by atoms with E-state index in [-0.39, 0.29) is 23.6 Å². The van der Waals surface area contributed by atoms with Gasteiger partial charge in [-0.15, -0.1) is 0 Å². The molecule has 1 unspecified atom stereocenters. The first kappa shape index (κ1) is 13.0. The van der Waals surface area contributed by atoms with Crippen LogP contribution in [0.25, 0.3) is 0 Å². The molecule has 0 spiro atoms. The largest absolute Gasteiger partial charge is 0.513 e. The summed E-state index contributed by atoms with van der Waals surface area (Å²) in [6.45, 7) is 9.07. The lowest BCUT2D eigenvalue weighted by molar-refractivity contribution is -0.135. The zero-order valence-corrected chi connectivity index (χ0v) is 9.37. The van der Waals surface area contributed by atoms with Gasteiger partial charge < -0.3 is 15.7 Å². The van der Waals surface area contributed by atoms with Crippen LogP contribution < -0.4 is 5.73 Å². The van der Waals surface area contributed by atoms with E-state index in [2.05, 4.69) is 6.58 Å².